The van der Waals surface area contributed by atoms with E-state index in [-0.39, 0.29) is 18.6 Å². The number of hydrogen-bond acceptors (Lipinski definition) is 5. The Balaban J connectivity index is 1.62. The predicted molar refractivity (Wildman–Crippen MR) is 111 cm³/mol. The Hall–Kier alpha value is -2.55. The molecule has 4 rings (SSSR count). The fourth-order valence-corrected chi connectivity index (χ4v) is 4.20. The van der Waals surface area contributed by atoms with Gasteiger partial charge in [0.15, 0.2) is 5.65 Å². The lowest BCUT2D eigenvalue weighted by Gasteiger charge is -2.38. The third kappa shape index (κ3) is 4.03. The molecule has 2 atom stereocenters. The summed E-state index contributed by atoms with van der Waals surface area (Å²) in [5, 5.41) is 7.61. The van der Waals surface area contributed by atoms with Gasteiger partial charge in [0.05, 0.1) is 24.4 Å². The van der Waals surface area contributed by atoms with Crippen LogP contribution in [0.2, 0.25) is 5.02 Å². The Bertz CT molecular complexity index is 1050. The minimum atomic E-state index is -0.427. The van der Waals surface area contributed by atoms with Gasteiger partial charge >= 0.3 is 0 Å². The van der Waals surface area contributed by atoms with Gasteiger partial charge in [-0.05, 0) is 32.0 Å². The van der Waals surface area contributed by atoms with Crippen molar-refractivity contribution in [2.45, 2.75) is 26.0 Å². The van der Waals surface area contributed by atoms with Gasteiger partial charge in [-0.25, -0.2) is 13.9 Å². The molecular weight excluding hydrogens is 409 g/mol. The summed E-state index contributed by atoms with van der Waals surface area (Å²) in [6.07, 6.45) is 3.36. The number of carbonyl (C=O) groups is 1. The van der Waals surface area contributed by atoms with E-state index in [0.29, 0.717) is 47.2 Å². The maximum absolute atomic E-state index is 14.7. The maximum atomic E-state index is 14.7. The van der Waals surface area contributed by atoms with E-state index in [1.165, 1.54) is 6.07 Å². The molecule has 1 aliphatic rings. The molecule has 2 unspecified atom stereocenters. The largest absolute Gasteiger partial charge is 0.376 e. The summed E-state index contributed by atoms with van der Waals surface area (Å²) in [5.74, 6) is -0.699. The lowest BCUT2D eigenvalue weighted by molar-refractivity contribution is -0.0346. The number of ether oxygens (including phenoxy) is 1. The number of nitrogens with one attached hydrogen (secondary N) is 1. The number of hydrogen-bond donors (Lipinski definition) is 1. The molecule has 1 N–H and O–H groups in total. The van der Waals surface area contributed by atoms with Crippen molar-refractivity contribution >= 4 is 23.2 Å². The summed E-state index contributed by atoms with van der Waals surface area (Å²) in [6.45, 7) is 5.69. The lowest BCUT2D eigenvalue weighted by Crippen LogP contribution is -2.47. The van der Waals surface area contributed by atoms with Gasteiger partial charge in [0.1, 0.15) is 11.4 Å². The summed E-state index contributed by atoms with van der Waals surface area (Å²) in [7, 11) is 0. The highest BCUT2D eigenvalue weighted by Crippen LogP contribution is 2.31. The Kier molecular flexibility index (Phi) is 5.99. The van der Waals surface area contributed by atoms with E-state index in [9.17, 15) is 9.18 Å². The summed E-state index contributed by atoms with van der Waals surface area (Å²) < 4.78 is 21.9. The molecule has 0 spiro atoms. The number of rotatable bonds is 5. The molecule has 0 saturated carbocycles. The smallest absolute Gasteiger partial charge is 0.257 e. The zero-order chi connectivity index (χ0) is 21.3. The second-order valence-corrected chi connectivity index (χ2v) is 7.79. The van der Waals surface area contributed by atoms with Crippen LogP contribution in [-0.4, -0.2) is 57.8 Å². The molecule has 1 saturated heterocycles. The van der Waals surface area contributed by atoms with Crippen LogP contribution in [0, 0.1) is 12.7 Å². The number of amides is 1. The Morgan fingerprint density at radius 3 is 3.03 bits per heavy atom. The summed E-state index contributed by atoms with van der Waals surface area (Å²) >= 11 is 6.36. The normalized spacial score (nSPS) is 18.5. The maximum Gasteiger partial charge on any atom is 0.257 e. The number of morpholine rings is 1. The highest BCUT2D eigenvalue weighted by atomic mass is 35.5. The van der Waals surface area contributed by atoms with E-state index < -0.39 is 11.9 Å². The summed E-state index contributed by atoms with van der Waals surface area (Å²) in [4.78, 5) is 19.4. The molecule has 1 fully saturated rings. The Morgan fingerprint density at radius 1 is 1.43 bits per heavy atom. The second-order valence-electron chi connectivity index (χ2n) is 7.39. The van der Waals surface area contributed by atoms with E-state index in [1.54, 1.807) is 42.0 Å². The molecule has 1 aromatic carbocycles. The molecular formula is C21H23ClFN5O2. The second kappa shape index (κ2) is 8.67. The molecule has 1 aliphatic heterocycles. The molecule has 3 heterocycles. The van der Waals surface area contributed by atoms with Crippen LogP contribution in [0.5, 0.6) is 0 Å². The minimum absolute atomic E-state index is 0.00793. The molecule has 3 aromatic rings. The monoisotopic (exact) mass is 431 g/mol. The summed E-state index contributed by atoms with van der Waals surface area (Å²) in [6, 6.07) is 5.95. The number of benzene rings is 1. The van der Waals surface area contributed by atoms with Gasteiger partial charge < -0.3 is 10.1 Å². The van der Waals surface area contributed by atoms with Crippen LogP contribution in [0.1, 0.15) is 34.6 Å². The van der Waals surface area contributed by atoms with Crippen LogP contribution in [-0.2, 0) is 4.74 Å². The quantitative estimate of drug-likeness (QED) is 0.672. The number of aryl methyl sites for hydroxylation is 1. The van der Waals surface area contributed by atoms with Crippen molar-refractivity contribution < 1.29 is 13.9 Å². The average molecular weight is 432 g/mol. The molecule has 2 aromatic heterocycles. The van der Waals surface area contributed by atoms with E-state index in [4.69, 9.17) is 16.3 Å². The van der Waals surface area contributed by atoms with Crippen molar-refractivity contribution in [1.29, 1.82) is 0 Å². The van der Waals surface area contributed by atoms with E-state index >= 15 is 0 Å². The van der Waals surface area contributed by atoms with Crippen LogP contribution < -0.4 is 5.32 Å². The molecule has 7 nitrogen and oxygen atoms in total. The third-order valence-corrected chi connectivity index (χ3v) is 5.63. The van der Waals surface area contributed by atoms with Crippen LogP contribution in [0.3, 0.4) is 0 Å². The van der Waals surface area contributed by atoms with Gasteiger partial charge in [-0.2, -0.15) is 5.10 Å². The number of fused-ring (bicyclic) bond motifs is 1. The van der Waals surface area contributed by atoms with Crippen molar-refractivity contribution in [3.05, 3.63) is 64.3 Å². The number of halogens is 2. The van der Waals surface area contributed by atoms with Gasteiger partial charge in [-0.15, -0.1) is 0 Å². The molecule has 158 valence electrons. The van der Waals surface area contributed by atoms with E-state index in [0.717, 1.165) is 0 Å². The van der Waals surface area contributed by atoms with Gasteiger partial charge in [-0.3, -0.25) is 9.69 Å². The van der Waals surface area contributed by atoms with Crippen LogP contribution >= 0.6 is 11.6 Å². The van der Waals surface area contributed by atoms with Crippen molar-refractivity contribution in [3.8, 4) is 0 Å². The lowest BCUT2D eigenvalue weighted by atomic mass is 10.0. The zero-order valence-corrected chi connectivity index (χ0v) is 17.6. The highest BCUT2D eigenvalue weighted by Gasteiger charge is 2.30. The number of aromatic nitrogens is 3. The van der Waals surface area contributed by atoms with Crippen molar-refractivity contribution in [2.75, 3.05) is 26.2 Å². The standard InChI is InChI=1S/C21H23ClFN5O2/c1-13-12-27(9-10-30-13)17(19-15(22)5-3-6-16(19)23)11-25-21(29)18-14(2)26-28-8-4-7-24-20(18)28/h3-8,13,17H,9-12H2,1-2H3,(H,25,29). The first kappa shape index (κ1) is 20.7. The first-order valence-electron chi connectivity index (χ1n) is 9.83. The van der Waals surface area contributed by atoms with Crippen LogP contribution in [0.25, 0.3) is 5.65 Å². The Labute approximate surface area is 178 Å². The molecule has 0 aliphatic carbocycles. The topological polar surface area (TPSA) is 71.8 Å². The third-order valence-electron chi connectivity index (χ3n) is 5.30. The number of nitrogens with zero attached hydrogens (tertiary/aromatic N) is 4. The van der Waals surface area contributed by atoms with Crippen LogP contribution in [0.15, 0.2) is 36.7 Å². The SMILES string of the molecule is Cc1nn2cccnc2c1C(=O)NCC(c1c(F)cccc1Cl)N1CCOC(C)C1. The van der Waals surface area contributed by atoms with E-state index in [1.807, 2.05) is 6.92 Å². The zero-order valence-electron chi connectivity index (χ0n) is 16.8. The fraction of sp³-hybridized carbons (Fsp3) is 0.381. The van der Waals surface area contributed by atoms with Gasteiger partial charge in [0.25, 0.3) is 5.91 Å². The molecule has 0 radical (unpaired) electrons. The predicted octanol–water partition coefficient (Wildman–Crippen LogP) is 3.02. The minimum Gasteiger partial charge on any atom is -0.376 e. The molecule has 30 heavy (non-hydrogen) atoms. The van der Waals surface area contributed by atoms with Crippen molar-refractivity contribution in [2.24, 2.45) is 0 Å². The average Bonchev–Trinajstić information content (AvgIpc) is 3.05. The van der Waals surface area contributed by atoms with Gasteiger partial charge in [0, 0.05) is 42.6 Å². The highest BCUT2D eigenvalue weighted by molar-refractivity contribution is 6.31. The first-order chi connectivity index (χ1) is 14.5. The van der Waals surface area contributed by atoms with Crippen LogP contribution in [0.4, 0.5) is 4.39 Å². The molecule has 0 bridgehead atoms. The first-order valence-corrected chi connectivity index (χ1v) is 10.2. The van der Waals surface area contributed by atoms with Gasteiger partial charge in [-0.1, -0.05) is 17.7 Å². The van der Waals surface area contributed by atoms with Crippen molar-refractivity contribution in [1.82, 2.24) is 24.8 Å². The fourth-order valence-electron chi connectivity index (χ4n) is 3.91. The van der Waals surface area contributed by atoms with Gasteiger partial charge in [0.2, 0.25) is 0 Å². The Morgan fingerprint density at radius 2 is 2.27 bits per heavy atom. The molecule has 9 heteroatoms. The van der Waals surface area contributed by atoms with Crippen molar-refractivity contribution in [3.63, 3.8) is 0 Å². The molecule has 1 amide bonds. The summed E-state index contributed by atoms with van der Waals surface area (Å²) in [5.41, 5.74) is 1.84. The number of carbonyl (C=O) groups excluding carboxylic acids is 1. The van der Waals surface area contributed by atoms with E-state index in [2.05, 4.69) is 20.3 Å².